The van der Waals surface area contributed by atoms with Gasteiger partial charge in [0.15, 0.2) is 5.75 Å². The van der Waals surface area contributed by atoms with Crippen molar-refractivity contribution in [1.82, 2.24) is 9.55 Å². The van der Waals surface area contributed by atoms with Gasteiger partial charge in [0.05, 0.1) is 36.0 Å². The fourth-order valence-corrected chi connectivity index (χ4v) is 6.57. The van der Waals surface area contributed by atoms with Crippen LogP contribution in [0.1, 0.15) is 40.2 Å². The fourth-order valence-electron chi connectivity index (χ4n) is 6.44. The van der Waals surface area contributed by atoms with E-state index >= 15 is 8.78 Å². The van der Waals surface area contributed by atoms with Gasteiger partial charge in [-0.25, -0.2) is 18.6 Å². The fraction of sp³-hybridized carbons (Fsp3) is 0.229. The molecule has 0 saturated carbocycles. The largest absolute Gasteiger partial charge is 0.465 e. The van der Waals surface area contributed by atoms with E-state index in [2.05, 4.69) is 4.98 Å². The molecule has 1 unspecified atom stereocenters. The van der Waals surface area contributed by atoms with Gasteiger partial charge in [0, 0.05) is 54.6 Å². The van der Waals surface area contributed by atoms with Gasteiger partial charge in [0.2, 0.25) is 11.6 Å². The van der Waals surface area contributed by atoms with Crippen molar-refractivity contribution in [3.63, 3.8) is 0 Å². The van der Waals surface area contributed by atoms with E-state index in [0.717, 1.165) is 5.56 Å². The van der Waals surface area contributed by atoms with E-state index < -0.39 is 23.3 Å². The molecule has 1 amide bonds. The number of anilines is 1. The van der Waals surface area contributed by atoms with Gasteiger partial charge >= 0.3 is 5.97 Å². The Kier molecular flexibility index (Phi) is 7.49. The highest BCUT2D eigenvalue weighted by atomic mass is 35.5. The van der Waals surface area contributed by atoms with Crippen LogP contribution in [0.25, 0.3) is 22.2 Å². The van der Waals surface area contributed by atoms with Gasteiger partial charge in [-0.15, -0.1) is 0 Å². The highest BCUT2D eigenvalue weighted by molar-refractivity contribution is 6.30. The summed E-state index contributed by atoms with van der Waals surface area (Å²) in [7, 11) is 2.85. The number of imidazole rings is 1. The number of hydrogen-bond acceptors (Lipinski definition) is 6. The topological polar surface area (TPSA) is 82.9 Å². The molecule has 11 heteroatoms. The summed E-state index contributed by atoms with van der Waals surface area (Å²) < 4.78 is 50.2. The quantitative estimate of drug-likeness (QED) is 0.169. The number of carbonyl (C=O) groups is 2. The number of amides is 1. The number of halogens is 3. The maximum atomic E-state index is 15.9. The lowest BCUT2D eigenvalue weighted by atomic mass is 9.99. The molecular formula is C35H28ClF2N3O5. The number of carbonyl (C=O) groups excluding carboxylic acids is 2. The minimum atomic E-state index is -1.08. The lowest BCUT2D eigenvalue weighted by Crippen LogP contribution is -2.43. The predicted octanol–water partition coefficient (Wildman–Crippen LogP) is 7.03. The molecule has 46 heavy (non-hydrogen) atoms. The summed E-state index contributed by atoms with van der Waals surface area (Å²) in [5.41, 5.74) is 2.31. The Balaban J connectivity index is 1.26. The summed E-state index contributed by atoms with van der Waals surface area (Å²) in [6, 6.07) is 19.8. The molecule has 3 heterocycles. The van der Waals surface area contributed by atoms with Crippen molar-refractivity contribution in [1.29, 1.82) is 0 Å². The Morgan fingerprint density at radius 2 is 1.80 bits per heavy atom. The first-order valence-corrected chi connectivity index (χ1v) is 15.1. The standard InChI is InChI=1S/C35H28ClF2N3O5/c1-44-15-14-40-30-18-20(34(43)45-2)6-11-28(30)39-31(40)19-25-26(37)16-21(17-27(25)38)24-4-3-5-29-33(24)46-35(13-12-32(42)41(29)35)22-7-9-23(36)10-8-22/h3-11,16-18H,12-15,19H2,1-2H3. The van der Waals surface area contributed by atoms with Crippen molar-refractivity contribution in [3.8, 4) is 16.9 Å². The van der Waals surface area contributed by atoms with Crippen molar-refractivity contribution in [2.45, 2.75) is 31.5 Å². The minimum Gasteiger partial charge on any atom is -0.465 e. The van der Waals surface area contributed by atoms with Crippen LogP contribution in [0, 0.1) is 11.6 Å². The number of ether oxygens (including phenoxy) is 3. The van der Waals surface area contributed by atoms with Gasteiger partial charge in [-0.3, -0.25) is 9.69 Å². The van der Waals surface area contributed by atoms with Gasteiger partial charge in [-0.05, 0) is 54.1 Å². The third-order valence-electron chi connectivity index (χ3n) is 8.64. The number of fused-ring (bicyclic) bond motifs is 4. The third-order valence-corrected chi connectivity index (χ3v) is 8.90. The summed E-state index contributed by atoms with van der Waals surface area (Å²) in [4.78, 5) is 31.5. The molecule has 0 bridgehead atoms. The van der Waals surface area contributed by atoms with Crippen molar-refractivity contribution in [2.24, 2.45) is 0 Å². The summed E-state index contributed by atoms with van der Waals surface area (Å²) >= 11 is 6.13. The van der Waals surface area contributed by atoms with Gasteiger partial charge in [-0.2, -0.15) is 0 Å². The van der Waals surface area contributed by atoms with Gasteiger partial charge < -0.3 is 18.8 Å². The second kappa shape index (κ2) is 11.5. The first-order valence-electron chi connectivity index (χ1n) is 14.7. The average molecular weight is 644 g/mol. The molecule has 5 aromatic rings. The van der Waals surface area contributed by atoms with Crippen LogP contribution in [-0.2, 0) is 33.0 Å². The number of rotatable bonds is 8. The predicted molar refractivity (Wildman–Crippen MR) is 168 cm³/mol. The lowest BCUT2D eigenvalue weighted by Gasteiger charge is -2.31. The smallest absolute Gasteiger partial charge is 0.337 e. The zero-order valence-electron chi connectivity index (χ0n) is 25.0. The minimum absolute atomic E-state index is 0.103. The molecular weight excluding hydrogens is 616 g/mol. The van der Waals surface area contributed by atoms with Crippen LogP contribution in [-0.4, -0.2) is 42.3 Å². The van der Waals surface area contributed by atoms with E-state index in [0.29, 0.717) is 70.4 Å². The number of methoxy groups -OCH3 is 2. The lowest BCUT2D eigenvalue weighted by molar-refractivity contribution is -0.117. The van der Waals surface area contributed by atoms with Gasteiger partial charge in [0.25, 0.3) is 0 Å². The summed E-state index contributed by atoms with van der Waals surface area (Å²) in [6.07, 6.45) is 0.563. The molecule has 0 spiro atoms. The van der Waals surface area contributed by atoms with Crippen LogP contribution in [0.3, 0.4) is 0 Å². The maximum Gasteiger partial charge on any atom is 0.337 e. The molecule has 0 N–H and O–H groups in total. The Hall–Kier alpha value is -4.80. The molecule has 0 aliphatic carbocycles. The van der Waals surface area contributed by atoms with Crippen molar-refractivity contribution in [3.05, 3.63) is 112 Å². The average Bonchev–Trinajstić information content (AvgIpc) is 3.70. The first kappa shape index (κ1) is 29.9. The molecule has 0 radical (unpaired) electrons. The van der Waals surface area contributed by atoms with E-state index in [1.807, 2.05) is 12.1 Å². The van der Waals surface area contributed by atoms with Crippen LogP contribution in [0.4, 0.5) is 14.5 Å². The highest BCUT2D eigenvalue weighted by Crippen LogP contribution is 2.56. The maximum absolute atomic E-state index is 15.9. The van der Waals surface area contributed by atoms with Crippen LogP contribution in [0.5, 0.6) is 5.75 Å². The normalized spacial score (nSPS) is 16.9. The number of benzene rings is 4. The van der Waals surface area contributed by atoms with Crippen LogP contribution >= 0.6 is 11.6 Å². The molecule has 1 atom stereocenters. The number of hydrogen-bond donors (Lipinski definition) is 0. The number of esters is 1. The van der Waals surface area contributed by atoms with E-state index in [1.54, 1.807) is 65.1 Å². The molecule has 8 nitrogen and oxygen atoms in total. The van der Waals surface area contributed by atoms with E-state index in [4.69, 9.17) is 25.8 Å². The molecule has 2 aliphatic rings. The summed E-state index contributed by atoms with van der Waals surface area (Å²) in [5, 5.41) is 0.554. The Bertz CT molecular complexity index is 2010. The molecule has 1 aromatic heterocycles. The zero-order valence-corrected chi connectivity index (χ0v) is 25.7. The molecule has 2 aliphatic heterocycles. The number of aromatic nitrogens is 2. The molecule has 7 rings (SSSR count). The van der Waals surface area contributed by atoms with E-state index in [1.165, 1.54) is 19.2 Å². The molecule has 1 fully saturated rings. The van der Waals surface area contributed by atoms with Gasteiger partial charge in [0.1, 0.15) is 17.5 Å². The first-order chi connectivity index (χ1) is 22.2. The van der Waals surface area contributed by atoms with Crippen LogP contribution in [0.15, 0.2) is 72.8 Å². The number of para-hydroxylation sites is 1. The second-order valence-corrected chi connectivity index (χ2v) is 11.7. The SMILES string of the molecule is COCCn1c(Cc2c(F)cc(-c3cccc4c3OC3(c5ccc(Cl)cc5)CCC(=O)N43)cc2F)nc2ccc(C(=O)OC)cc21. The number of nitrogens with zero attached hydrogens (tertiary/aromatic N) is 3. The van der Waals surface area contributed by atoms with Crippen molar-refractivity contribution in [2.75, 3.05) is 25.7 Å². The Morgan fingerprint density at radius 1 is 1.04 bits per heavy atom. The van der Waals surface area contributed by atoms with E-state index in [-0.39, 0.29) is 23.5 Å². The second-order valence-electron chi connectivity index (χ2n) is 11.2. The van der Waals surface area contributed by atoms with Gasteiger partial charge in [-0.1, -0.05) is 35.9 Å². The van der Waals surface area contributed by atoms with Crippen molar-refractivity contribution < 1.29 is 32.6 Å². The highest BCUT2D eigenvalue weighted by Gasteiger charge is 2.55. The Labute approximate surface area is 268 Å². The third kappa shape index (κ3) is 4.80. The van der Waals surface area contributed by atoms with Crippen LogP contribution < -0.4 is 9.64 Å². The molecule has 4 aromatic carbocycles. The monoisotopic (exact) mass is 643 g/mol. The summed E-state index contributed by atoms with van der Waals surface area (Å²) in [6.45, 7) is 0.674. The van der Waals surface area contributed by atoms with Crippen LogP contribution in [0.2, 0.25) is 5.02 Å². The molecule has 234 valence electrons. The zero-order chi connectivity index (χ0) is 32.2. The van der Waals surface area contributed by atoms with E-state index in [9.17, 15) is 9.59 Å². The Morgan fingerprint density at radius 3 is 2.52 bits per heavy atom. The summed E-state index contributed by atoms with van der Waals surface area (Å²) in [5.74, 6) is -1.33. The molecule has 1 saturated heterocycles. The van der Waals surface area contributed by atoms with Crippen molar-refractivity contribution >= 4 is 40.2 Å².